The molecule has 0 amide bonds. The molecule has 0 spiro atoms. The van der Waals surface area contributed by atoms with Crippen LogP contribution in [-0.4, -0.2) is 24.2 Å². The number of nitrogens with zero attached hydrogens (tertiary/aromatic N) is 4. The maximum atomic E-state index is 12.6. The molecular weight excluding hydrogens is 382 g/mol. The summed E-state index contributed by atoms with van der Waals surface area (Å²) < 4.78 is 28.4. The molecule has 0 fully saturated rings. The molecule has 0 saturated carbocycles. The molecule has 0 atom stereocenters. The van der Waals surface area contributed by atoms with E-state index in [1.54, 1.807) is 19.1 Å². The number of aromatic amines is 1. The predicted octanol–water partition coefficient (Wildman–Crippen LogP) is 1.85. The van der Waals surface area contributed by atoms with Crippen LogP contribution in [0.2, 0.25) is 0 Å². The number of rotatable bonds is 5. The molecule has 1 heterocycles. The van der Waals surface area contributed by atoms with Crippen LogP contribution >= 0.6 is 0 Å². The highest BCUT2D eigenvalue weighted by Crippen LogP contribution is 2.21. The van der Waals surface area contributed by atoms with Crippen molar-refractivity contribution in [3.63, 3.8) is 0 Å². The van der Waals surface area contributed by atoms with Crippen molar-refractivity contribution >= 4 is 27.4 Å². The summed E-state index contributed by atoms with van der Waals surface area (Å²) in [5, 5.41) is 11.0. The smallest absolute Gasteiger partial charge is 0.299 e. The highest BCUT2D eigenvalue weighted by Gasteiger charge is 2.14. The second-order valence-electron chi connectivity index (χ2n) is 5.75. The SMILES string of the molecule is Cc1[nH]n(-c2ccccc2)c(=O)c1N=Nc1ccc(S(=O)(=O)N=C(N)N)cc1. The number of aromatic nitrogens is 2. The molecule has 0 aliphatic carbocycles. The summed E-state index contributed by atoms with van der Waals surface area (Å²) >= 11 is 0. The van der Waals surface area contributed by atoms with Crippen LogP contribution < -0.4 is 17.0 Å². The summed E-state index contributed by atoms with van der Waals surface area (Å²) in [6.07, 6.45) is 0. The zero-order valence-electron chi connectivity index (χ0n) is 14.8. The fraction of sp³-hybridized carbons (Fsp3) is 0.0588. The lowest BCUT2D eigenvalue weighted by Gasteiger charge is -1.99. The second-order valence-corrected chi connectivity index (χ2v) is 7.35. The zero-order chi connectivity index (χ0) is 20.3. The molecule has 1 aromatic heterocycles. The van der Waals surface area contributed by atoms with Gasteiger partial charge in [-0.15, -0.1) is 9.51 Å². The number of sulfonamides is 1. The zero-order valence-corrected chi connectivity index (χ0v) is 15.6. The summed E-state index contributed by atoms with van der Waals surface area (Å²) in [4.78, 5) is 12.5. The number of H-pyrrole nitrogens is 1. The van der Waals surface area contributed by atoms with Gasteiger partial charge in [0.15, 0.2) is 5.69 Å². The first kappa shape index (κ1) is 19.0. The van der Waals surface area contributed by atoms with E-state index in [2.05, 4.69) is 19.7 Å². The molecule has 0 aliphatic heterocycles. The summed E-state index contributed by atoms with van der Waals surface area (Å²) in [7, 11) is -3.98. The van der Waals surface area contributed by atoms with Gasteiger partial charge in [0, 0.05) is 0 Å². The van der Waals surface area contributed by atoms with Gasteiger partial charge in [-0.1, -0.05) is 18.2 Å². The Morgan fingerprint density at radius 3 is 2.25 bits per heavy atom. The minimum Gasteiger partial charge on any atom is -0.369 e. The fourth-order valence-electron chi connectivity index (χ4n) is 2.40. The number of nitrogens with two attached hydrogens (primary N) is 2. The van der Waals surface area contributed by atoms with E-state index in [9.17, 15) is 13.2 Å². The molecule has 5 N–H and O–H groups in total. The maximum absolute atomic E-state index is 12.6. The van der Waals surface area contributed by atoms with Crippen LogP contribution in [0.25, 0.3) is 5.69 Å². The Bertz CT molecular complexity index is 1200. The van der Waals surface area contributed by atoms with Crippen molar-refractivity contribution in [3.8, 4) is 5.69 Å². The Hall–Kier alpha value is -3.73. The molecule has 0 aliphatic rings. The maximum Gasteiger partial charge on any atom is 0.299 e. The lowest BCUT2D eigenvalue weighted by atomic mass is 10.3. The van der Waals surface area contributed by atoms with E-state index in [-0.39, 0.29) is 16.1 Å². The molecule has 0 bridgehead atoms. The number of benzene rings is 2. The van der Waals surface area contributed by atoms with Gasteiger partial charge in [-0.25, -0.2) is 4.68 Å². The van der Waals surface area contributed by atoms with Gasteiger partial charge in [0.1, 0.15) is 0 Å². The molecule has 3 aromatic rings. The Morgan fingerprint density at radius 2 is 1.64 bits per heavy atom. The fourth-order valence-corrected chi connectivity index (χ4v) is 3.26. The minimum atomic E-state index is -3.98. The Morgan fingerprint density at radius 1 is 1.00 bits per heavy atom. The third kappa shape index (κ3) is 3.99. The van der Waals surface area contributed by atoms with E-state index in [1.165, 1.54) is 28.9 Å². The average molecular weight is 399 g/mol. The first-order valence-corrected chi connectivity index (χ1v) is 9.47. The quantitative estimate of drug-likeness (QED) is 0.338. The predicted molar refractivity (Wildman–Crippen MR) is 105 cm³/mol. The number of nitrogens with one attached hydrogen (secondary N) is 1. The van der Waals surface area contributed by atoms with Crippen LogP contribution in [-0.2, 0) is 10.0 Å². The van der Waals surface area contributed by atoms with Crippen LogP contribution in [0.15, 0.2) is 78.9 Å². The first-order valence-electron chi connectivity index (χ1n) is 8.03. The molecular formula is C17H17N7O3S. The van der Waals surface area contributed by atoms with Gasteiger partial charge in [-0.05, 0) is 43.3 Å². The molecule has 10 nitrogen and oxygen atoms in total. The third-order valence-corrected chi connectivity index (χ3v) is 5.00. The van der Waals surface area contributed by atoms with Crippen molar-refractivity contribution in [1.29, 1.82) is 0 Å². The van der Waals surface area contributed by atoms with Crippen LogP contribution in [0.5, 0.6) is 0 Å². The van der Waals surface area contributed by atoms with Gasteiger partial charge in [0.25, 0.3) is 15.6 Å². The number of hydrogen-bond donors (Lipinski definition) is 3. The van der Waals surface area contributed by atoms with Crippen molar-refractivity contribution < 1.29 is 8.42 Å². The highest BCUT2D eigenvalue weighted by atomic mass is 32.2. The molecule has 3 rings (SSSR count). The molecule has 0 unspecified atom stereocenters. The van der Waals surface area contributed by atoms with Gasteiger partial charge in [0.2, 0.25) is 5.96 Å². The van der Waals surface area contributed by atoms with Crippen LogP contribution in [0, 0.1) is 6.92 Å². The van der Waals surface area contributed by atoms with Gasteiger partial charge in [-0.2, -0.15) is 13.5 Å². The topological polar surface area (TPSA) is 161 Å². The van der Waals surface area contributed by atoms with Crippen molar-refractivity contribution in [2.24, 2.45) is 26.1 Å². The number of azo groups is 1. The summed E-state index contributed by atoms with van der Waals surface area (Å²) in [5.74, 6) is -0.554. The van der Waals surface area contributed by atoms with E-state index in [1.807, 2.05) is 18.2 Å². The molecule has 2 aromatic carbocycles. The molecule has 11 heteroatoms. The van der Waals surface area contributed by atoms with Crippen molar-refractivity contribution in [1.82, 2.24) is 9.78 Å². The summed E-state index contributed by atoms with van der Waals surface area (Å²) in [5.41, 5.74) is 11.6. The van der Waals surface area contributed by atoms with Crippen LogP contribution in [0.3, 0.4) is 0 Å². The number of hydrogen-bond acceptors (Lipinski definition) is 5. The second kappa shape index (κ2) is 7.48. The molecule has 0 radical (unpaired) electrons. The van der Waals surface area contributed by atoms with E-state index >= 15 is 0 Å². The Kier molecular flexibility index (Phi) is 5.09. The first-order chi connectivity index (χ1) is 13.3. The molecule has 0 saturated heterocycles. The van der Waals surface area contributed by atoms with Crippen molar-refractivity contribution in [3.05, 3.63) is 70.6 Å². The van der Waals surface area contributed by atoms with Crippen LogP contribution in [0.4, 0.5) is 11.4 Å². The average Bonchev–Trinajstić information content (AvgIpc) is 2.94. The number of guanidine groups is 1. The third-order valence-electron chi connectivity index (χ3n) is 3.68. The van der Waals surface area contributed by atoms with Crippen molar-refractivity contribution in [2.75, 3.05) is 0 Å². The van der Waals surface area contributed by atoms with Gasteiger partial charge in [-0.3, -0.25) is 9.89 Å². The molecule has 144 valence electrons. The van der Waals surface area contributed by atoms with Gasteiger partial charge < -0.3 is 11.5 Å². The number of para-hydroxylation sites is 1. The van der Waals surface area contributed by atoms with Gasteiger partial charge in [0.05, 0.1) is 22.0 Å². The Labute approximate surface area is 160 Å². The number of aryl methyl sites for hydroxylation is 1. The normalized spacial score (nSPS) is 11.6. The van der Waals surface area contributed by atoms with E-state index in [4.69, 9.17) is 11.5 Å². The minimum absolute atomic E-state index is 0.0934. The van der Waals surface area contributed by atoms with E-state index in [0.717, 1.165) is 0 Å². The Balaban J connectivity index is 1.88. The van der Waals surface area contributed by atoms with Gasteiger partial charge >= 0.3 is 0 Å². The summed E-state index contributed by atoms with van der Waals surface area (Å²) in [6, 6.07) is 14.5. The summed E-state index contributed by atoms with van der Waals surface area (Å²) in [6.45, 7) is 1.71. The van der Waals surface area contributed by atoms with Crippen LogP contribution in [0.1, 0.15) is 5.69 Å². The van der Waals surface area contributed by atoms with Crippen molar-refractivity contribution in [2.45, 2.75) is 11.8 Å². The largest absolute Gasteiger partial charge is 0.369 e. The lowest BCUT2D eigenvalue weighted by Crippen LogP contribution is -2.24. The lowest BCUT2D eigenvalue weighted by molar-refractivity contribution is 0.598. The standard InChI is InChI=1S/C17H17N7O3S/c1-11-15(16(25)24(22-11)13-5-3-2-4-6-13)21-20-12-7-9-14(10-8-12)28(26,27)23-17(18)19/h2-10,22H,1H3,(H4,18,19,23). The van der Waals surface area contributed by atoms with E-state index in [0.29, 0.717) is 17.1 Å². The molecule has 28 heavy (non-hydrogen) atoms. The van der Waals surface area contributed by atoms with E-state index < -0.39 is 16.0 Å². The monoisotopic (exact) mass is 399 g/mol. The highest BCUT2D eigenvalue weighted by molar-refractivity contribution is 7.90.